The number of pyridine rings is 5. The topological polar surface area (TPSA) is 397 Å². The van der Waals surface area contributed by atoms with E-state index in [0.29, 0.717) is 115 Å². The molecular formula is C100H137IN10O23. The fraction of sp³-hybridized carbons (Fsp3) is 0.590. The van der Waals surface area contributed by atoms with Gasteiger partial charge in [-0.2, -0.15) is 0 Å². The van der Waals surface area contributed by atoms with Crippen molar-refractivity contribution in [2.75, 3.05) is 90.5 Å². The zero-order chi connectivity index (χ0) is 96.6. The number of hydrogen-bond donors (Lipinski definition) is 4. The summed E-state index contributed by atoms with van der Waals surface area (Å²) in [6.45, 7) is 35.9. The van der Waals surface area contributed by atoms with E-state index >= 15 is 0 Å². The number of ether oxygens (including phenoxy) is 9. The van der Waals surface area contributed by atoms with Gasteiger partial charge in [-0.3, -0.25) is 24.9 Å². The average molecular weight is 1970 g/mol. The molecule has 15 atom stereocenters. The molecule has 11 aliphatic rings. The Morgan fingerprint density at radius 2 is 0.769 bits per heavy atom. The first-order chi connectivity index (χ1) is 63.6. The van der Waals surface area contributed by atoms with Crippen LogP contribution in [-0.4, -0.2) is 252 Å². The summed E-state index contributed by atoms with van der Waals surface area (Å²) in [7, 11) is 0. The molecule has 6 aromatic rings. The van der Waals surface area contributed by atoms with Gasteiger partial charge in [0.2, 0.25) is 0 Å². The summed E-state index contributed by atoms with van der Waals surface area (Å²) in [6, 6.07) is 17.3. The smallest absolute Gasteiger partial charge is 0.410 e. The molecule has 17 rings (SSSR count). The number of fused-ring (bicyclic) bond motifs is 1. The van der Waals surface area contributed by atoms with Gasteiger partial charge in [0.05, 0.1) is 55.2 Å². The Kier molecular flexibility index (Phi) is 34.0. The van der Waals surface area contributed by atoms with Gasteiger partial charge in [-0.15, -0.1) is 6.58 Å². The van der Waals surface area contributed by atoms with Crippen molar-refractivity contribution in [3.8, 4) is 28.7 Å². The Morgan fingerprint density at radius 3 is 1.04 bits per heavy atom. The summed E-state index contributed by atoms with van der Waals surface area (Å²) in [5.41, 5.74) is 4.14. The number of alkyl halides is 1. The minimum atomic E-state index is -5.01. The summed E-state index contributed by atoms with van der Waals surface area (Å²) in [5, 5.41) is 30.5. The van der Waals surface area contributed by atoms with Crippen LogP contribution in [0.1, 0.15) is 242 Å². The van der Waals surface area contributed by atoms with Crippen molar-refractivity contribution < 1.29 is 106 Å². The van der Waals surface area contributed by atoms with E-state index in [1.165, 1.54) is 48.3 Å². The molecule has 0 unspecified atom stereocenters. The molecular weight excluding hydrogens is 1840 g/mol. The molecule has 0 radical (unpaired) electrons. The maximum atomic E-state index is 12.1. The molecule has 4 amide bonds. The van der Waals surface area contributed by atoms with Gasteiger partial charge in [0.15, 0.2) is 0 Å². The molecule has 34 heteroatoms. The molecule has 732 valence electrons. The number of aliphatic hydroxyl groups is 3. The van der Waals surface area contributed by atoms with E-state index in [0.717, 1.165) is 119 Å². The number of likely N-dealkylation sites (tertiary alicyclic amines) is 4. The van der Waals surface area contributed by atoms with Gasteiger partial charge in [-0.1, -0.05) is 6.08 Å². The number of carbonyl (C=O) groups is 8. The van der Waals surface area contributed by atoms with Crippen LogP contribution in [0.5, 0.6) is 28.7 Å². The first kappa shape index (κ1) is 102. The molecule has 10 fully saturated rings. The third-order valence-corrected chi connectivity index (χ3v) is 32.8. The number of halogens is 1. The number of amides is 4. The van der Waals surface area contributed by atoms with E-state index in [4.69, 9.17) is 62.0 Å². The number of allylic oxidation sites excluding steroid dienone is 1. The monoisotopic (exact) mass is 1970 g/mol. The second kappa shape index (κ2) is 44.5. The van der Waals surface area contributed by atoms with Gasteiger partial charge < -0.3 is 87.7 Å². The molecule has 6 aliphatic heterocycles. The molecule has 4 N–H and O–H groups in total. The van der Waals surface area contributed by atoms with E-state index in [1.807, 2.05) is 132 Å². The van der Waals surface area contributed by atoms with Crippen molar-refractivity contribution in [2.24, 2.45) is 29.6 Å². The van der Waals surface area contributed by atoms with Crippen LogP contribution < -0.4 is 29.0 Å². The number of aldehydes is 1. The van der Waals surface area contributed by atoms with Gasteiger partial charge in [0.25, 0.3) is 0 Å². The van der Waals surface area contributed by atoms with Crippen LogP contribution in [0.2, 0.25) is 0 Å². The van der Waals surface area contributed by atoms with Crippen LogP contribution in [0.15, 0.2) is 129 Å². The zero-order valence-corrected chi connectivity index (χ0v) is 82.2. The van der Waals surface area contributed by atoms with Crippen molar-refractivity contribution in [3.05, 3.63) is 166 Å². The van der Waals surface area contributed by atoms with Crippen molar-refractivity contribution in [3.63, 3.8) is 0 Å². The van der Waals surface area contributed by atoms with E-state index in [1.54, 1.807) is 81.0 Å². The van der Waals surface area contributed by atoms with E-state index in [9.17, 15) is 43.5 Å². The molecule has 5 aliphatic carbocycles. The first-order valence-electron chi connectivity index (χ1n) is 46.7. The number of hydrogen-bond acceptors (Lipinski definition) is 29. The van der Waals surface area contributed by atoms with E-state index in [-0.39, 0.29) is 85.8 Å². The van der Waals surface area contributed by atoms with Crippen molar-refractivity contribution >= 4 is 66.9 Å². The summed E-state index contributed by atoms with van der Waals surface area (Å²) in [4.78, 5) is 123. The number of rotatable bonds is 29. The average Bonchev–Trinajstić information content (AvgIpc) is 1.55. The second-order valence-electron chi connectivity index (χ2n) is 40.2. The number of aliphatic hydroxyl groups excluding tert-OH is 3. The Hall–Kier alpha value is -10.6. The Morgan fingerprint density at radius 1 is 0.455 bits per heavy atom. The Labute approximate surface area is 788 Å². The minimum absolute atomic E-state index is 0.0344. The van der Waals surface area contributed by atoms with Gasteiger partial charge in [-0.05, 0) is 278 Å². The van der Waals surface area contributed by atoms with Crippen LogP contribution in [-0.2, 0) is 42.5 Å². The second-order valence-corrected chi connectivity index (χ2v) is 48.8. The molecule has 0 bridgehead atoms. The third kappa shape index (κ3) is 29.2. The van der Waals surface area contributed by atoms with Gasteiger partial charge in [0.1, 0.15) is 90.5 Å². The van der Waals surface area contributed by atoms with Crippen LogP contribution in [0.25, 0.3) is 0 Å². The van der Waals surface area contributed by atoms with Crippen LogP contribution in [0.4, 0.5) is 19.2 Å². The largest absolute Gasteiger partial charge is 0.490 e. The number of nitrogens with one attached hydrogen (secondary N) is 1. The van der Waals surface area contributed by atoms with E-state index in [2.05, 4.69) is 48.9 Å². The number of benzene rings is 1. The number of aromatic nitrogens is 5. The normalized spacial score (nSPS) is 25.4. The molecule has 33 nitrogen and oxygen atoms in total. The minimum Gasteiger partial charge on any atom is -0.490 e. The Balaban J connectivity index is 0.000000145. The molecule has 5 saturated carbocycles. The quantitative estimate of drug-likeness (QED) is 0.0111. The predicted octanol–water partition coefficient (Wildman–Crippen LogP) is 15.5. The van der Waals surface area contributed by atoms with Crippen LogP contribution in [0.3, 0.4) is 0 Å². The molecule has 5 aromatic heterocycles. The van der Waals surface area contributed by atoms with Crippen LogP contribution >= 0.6 is 18.3 Å². The fourth-order valence-electron chi connectivity index (χ4n) is 16.4. The summed E-state index contributed by atoms with van der Waals surface area (Å²) >= 11 is -5.01. The maximum absolute atomic E-state index is 12.1. The number of carbonyl (C=O) groups excluding carboxylic acids is 8. The van der Waals surface area contributed by atoms with Gasteiger partial charge in [-0.25, -0.2) is 19.2 Å². The fourth-order valence-corrected chi connectivity index (χ4v) is 24.1. The standard InChI is InChI=1S/C19H28N2O4.C19H26N2O3.C18H26N2O4.C18H24N2O4.C14H20N2O2.C12H13IO6/c1-19(2,3)25-18(23)21-6-4-15(21)12-24-16-8-14(10-20-11-16)17-9-13(17)5-7-22;1-5-13-9-17(13)14-8-16(11-20-10-14)23-12-15-6-7-21(15)18(22)24-19(2,3)4;2*1-18(2,3)24-17(22)20-5-4-14(20)11-23-15-6-12(8-19-9-15)16-7-13(16)10-21;17-4-2-10-6-14(10)11-5-13(8-15-7-11)18-9-12-1-3-16-12;1-8(14)17-13(3,18-9(2)15)11-7-5-4-6-10(11)12(16)19-13/h8,10-11,13,15,17,22H,4-7,9,12H2,1-3H3;5,8,10-11,13,15,17H,1,6-7,9,12H2,2-4H3;6,8-9,13-14,16,21H,4-5,7,10-11H2,1-3H3;6,8-10,13-14,16H,4-5,7,11H2,1-3H3;5,7-8,10,12,14,16-17H,1-4,6,9H2;4-7H,1-3H3/t2*13-,15-,17-;2*13-,14+,16-;10-,12-,14-;/m00110./s1. The number of nitrogens with zero attached hydrogens (tertiary/aromatic N) is 9. The van der Waals surface area contributed by atoms with Crippen molar-refractivity contribution in [2.45, 2.75) is 256 Å². The molecule has 0 spiro atoms. The summed E-state index contributed by atoms with van der Waals surface area (Å²) in [5.74, 6) is 6.32. The third-order valence-electron chi connectivity index (χ3n) is 24.6. The molecule has 11 heterocycles. The van der Waals surface area contributed by atoms with E-state index < -0.39 is 58.6 Å². The maximum Gasteiger partial charge on any atom is 0.410 e. The first-order valence-corrected chi connectivity index (χ1v) is 52.6. The van der Waals surface area contributed by atoms with Crippen molar-refractivity contribution in [1.82, 2.24) is 49.8 Å². The summed E-state index contributed by atoms with van der Waals surface area (Å²) < 4.78 is 66.9. The molecule has 5 saturated heterocycles. The van der Waals surface area contributed by atoms with Crippen LogP contribution in [0, 0.1) is 33.2 Å². The Bertz CT molecular complexity index is 4920. The van der Waals surface area contributed by atoms with Gasteiger partial charge >= 0.3 is 136 Å². The molecule has 134 heavy (non-hydrogen) atoms. The predicted molar refractivity (Wildman–Crippen MR) is 505 cm³/mol. The zero-order valence-electron chi connectivity index (χ0n) is 80.1. The van der Waals surface area contributed by atoms with Crippen molar-refractivity contribution in [1.29, 1.82) is 0 Å². The van der Waals surface area contributed by atoms with Gasteiger partial charge in [0, 0.05) is 88.9 Å². The summed E-state index contributed by atoms with van der Waals surface area (Å²) in [6.07, 6.45) is 31.8. The molecule has 1 aromatic carbocycles. The SMILES string of the molecule is C=C[C@H]1C[C@@H]1c1cncc(OC[C@@H]2CCN2C(=O)OC(C)(C)C)c1.CC(=O)OI1(C)(OC(C)=O)OC(=O)c2ccccc21.CC(C)(C)OC(=O)N1CC[C@H]1COc1cncc([C@H]2C[C@@H]2C=O)c1.CC(C)(C)OC(=O)N1CC[C@H]1COc1cncc([C@H]2C[C@@H]2CCO)c1.CC(C)(C)OC(=O)N1CC[C@H]1COc1cncc([C@H]2C[C@@H]2CO)c1.OCC[C@H]1C[C@@H]1c1cncc(OC[C@@H]2CCN2)c1.